The molecule has 0 aliphatic rings. The molecule has 1 nitrogen and oxygen atoms in total. The maximum atomic E-state index is 6.36. The molecule has 0 fully saturated rings. The summed E-state index contributed by atoms with van der Waals surface area (Å²) in [6.45, 7) is 4.33. The van der Waals surface area contributed by atoms with Crippen LogP contribution in [0.4, 0.5) is 0 Å². The second-order valence-corrected chi connectivity index (χ2v) is 5.64. The molecule has 0 heterocycles. The third-order valence-corrected chi connectivity index (χ3v) is 4.50. The molecule has 0 spiro atoms. The second kappa shape index (κ2) is 6.62. The number of benzene rings is 2. The Morgan fingerprint density at radius 2 is 1.70 bits per heavy atom. The molecule has 20 heavy (non-hydrogen) atoms. The van der Waals surface area contributed by atoms with Crippen LogP contribution in [0.3, 0.4) is 0 Å². The zero-order chi connectivity index (χ0) is 14.7. The smallest absolute Gasteiger partial charge is 0.0643 e. The SMILES string of the molecule is CCc1ccc(C(N)c2cccc(Cl)c2Cl)cc1CC. The summed E-state index contributed by atoms with van der Waals surface area (Å²) in [6.07, 6.45) is 2.05. The zero-order valence-electron chi connectivity index (χ0n) is 11.8. The Labute approximate surface area is 130 Å². The maximum absolute atomic E-state index is 6.36. The molecular weight excluding hydrogens is 289 g/mol. The molecule has 0 amide bonds. The van der Waals surface area contributed by atoms with Crippen LogP contribution < -0.4 is 5.73 Å². The highest BCUT2D eigenvalue weighted by Crippen LogP contribution is 2.32. The molecule has 0 saturated heterocycles. The number of halogens is 2. The summed E-state index contributed by atoms with van der Waals surface area (Å²) in [5.74, 6) is 0. The van der Waals surface area contributed by atoms with E-state index in [0.717, 1.165) is 24.0 Å². The summed E-state index contributed by atoms with van der Waals surface area (Å²) < 4.78 is 0. The van der Waals surface area contributed by atoms with Crippen molar-refractivity contribution in [1.29, 1.82) is 0 Å². The average molecular weight is 308 g/mol. The molecule has 0 aliphatic carbocycles. The quantitative estimate of drug-likeness (QED) is 0.829. The largest absolute Gasteiger partial charge is 0.320 e. The lowest BCUT2D eigenvalue weighted by atomic mass is 9.94. The fourth-order valence-corrected chi connectivity index (χ4v) is 2.88. The minimum atomic E-state index is -0.252. The minimum absolute atomic E-state index is 0.252. The van der Waals surface area contributed by atoms with Crippen LogP contribution in [-0.4, -0.2) is 0 Å². The van der Waals surface area contributed by atoms with Crippen LogP contribution in [0.2, 0.25) is 10.0 Å². The van der Waals surface area contributed by atoms with Gasteiger partial charge in [-0.25, -0.2) is 0 Å². The normalized spacial score (nSPS) is 12.4. The molecule has 2 aromatic rings. The molecule has 0 aromatic heterocycles. The van der Waals surface area contributed by atoms with E-state index in [1.54, 1.807) is 6.07 Å². The summed E-state index contributed by atoms with van der Waals surface area (Å²) >= 11 is 12.3. The van der Waals surface area contributed by atoms with E-state index in [0.29, 0.717) is 10.0 Å². The number of nitrogens with two attached hydrogens (primary N) is 1. The molecule has 0 saturated carbocycles. The van der Waals surface area contributed by atoms with Crippen LogP contribution in [-0.2, 0) is 12.8 Å². The molecule has 106 valence electrons. The van der Waals surface area contributed by atoms with Gasteiger partial charge in [0.2, 0.25) is 0 Å². The van der Waals surface area contributed by atoms with E-state index in [-0.39, 0.29) is 6.04 Å². The van der Waals surface area contributed by atoms with E-state index in [9.17, 15) is 0 Å². The molecule has 2 aromatic carbocycles. The lowest BCUT2D eigenvalue weighted by Crippen LogP contribution is -2.13. The number of rotatable bonds is 4. The van der Waals surface area contributed by atoms with E-state index in [4.69, 9.17) is 28.9 Å². The van der Waals surface area contributed by atoms with Gasteiger partial charge in [0.05, 0.1) is 16.1 Å². The van der Waals surface area contributed by atoms with Gasteiger partial charge < -0.3 is 5.73 Å². The van der Waals surface area contributed by atoms with Crippen molar-refractivity contribution in [3.63, 3.8) is 0 Å². The summed E-state index contributed by atoms with van der Waals surface area (Å²) in [5.41, 5.74) is 11.0. The Hall–Kier alpha value is -1.02. The van der Waals surface area contributed by atoms with Gasteiger partial charge in [0.1, 0.15) is 0 Å². The van der Waals surface area contributed by atoms with E-state index in [1.807, 2.05) is 12.1 Å². The monoisotopic (exact) mass is 307 g/mol. The summed E-state index contributed by atoms with van der Waals surface area (Å²) in [7, 11) is 0. The first-order chi connectivity index (χ1) is 9.58. The fourth-order valence-electron chi connectivity index (χ4n) is 2.45. The standard InChI is InChI=1S/C17H19Cl2N/c1-3-11-8-9-13(10-12(11)4-2)17(20)14-6-5-7-15(18)16(14)19/h5-10,17H,3-4,20H2,1-2H3. The van der Waals surface area contributed by atoms with Crippen LogP contribution in [0.15, 0.2) is 36.4 Å². The lowest BCUT2D eigenvalue weighted by Gasteiger charge is -2.17. The minimum Gasteiger partial charge on any atom is -0.320 e. The van der Waals surface area contributed by atoms with Gasteiger partial charge >= 0.3 is 0 Å². The van der Waals surface area contributed by atoms with E-state index in [1.165, 1.54) is 11.1 Å². The summed E-state index contributed by atoms with van der Waals surface area (Å²) in [4.78, 5) is 0. The van der Waals surface area contributed by atoms with Crippen molar-refractivity contribution < 1.29 is 0 Å². The van der Waals surface area contributed by atoms with E-state index < -0.39 is 0 Å². The van der Waals surface area contributed by atoms with Crippen molar-refractivity contribution in [2.24, 2.45) is 5.73 Å². The maximum Gasteiger partial charge on any atom is 0.0643 e. The van der Waals surface area contributed by atoms with Crippen molar-refractivity contribution in [1.82, 2.24) is 0 Å². The molecular formula is C17H19Cl2N. The number of hydrogen-bond donors (Lipinski definition) is 1. The van der Waals surface area contributed by atoms with Gasteiger partial charge in [-0.1, -0.05) is 67.4 Å². The van der Waals surface area contributed by atoms with E-state index in [2.05, 4.69) is 32.0 Å². The topological polar surface area (TPSA) is 26.0 Å². The Kier molecular flexibility index (Phi) is 5.09. The van der Waals surface area contributed by atoms with Crippen LogP contribution in [0.1, 0.15) is 42.1 Å². The summed E-state index contributed by atoms with van der Waals surface area (Å²) in [5, 5.41) is 1.08. The Balaban J connectivity index is 2.43. The molecule has 2 rings (SSSR count). The molecule has 0 bridgehead atoms. The van der Waals surface area contributed by atoms with Crippen molar-refractivity contribution in [3.8, 4) is 0 Å². The Morgan fingerprint density at radius 3 is 2.35 bits per heavy atom. The van der Waals surface area contributed by atoms with Crippen molar-refractivity contribution in [2.45, 2.75) is 32.7 Å². The molecule has 1 atom stereocenters. The highest BCUT2D eigenvalue weighted by molar-refractivity contribution is 6.42. The van der Waals surface area contributed by atoms with Gasteiger partial charge in [-0.3, -0.25) is 0 Å². The second-order valence-electron chi connectivity index (χ2n) is 4.86. The third-order valence-electron chi connectivity index (χ3n) is 3.67. The van der Waals surface area contributed by atoms with Gasteiger partial charge in [-0.05, 0) is 41.2 Å². The van der Waals surface area contributed by atoms with Crippen molar-refractivity contribution in [3.05, 3.63) is 68.7 Å². The Bertz CT molecular complexity index is 608. The molecule has 2 N–H and O–H groups in total. The van der Waals surface area contributed by atoms with Gasteiger partial charge in [-0.2, -0.15) is 0 Å². The van der Waals surface area contributed by atoms with Crippen molar-refractivity contribution in [2.75, 3.05) is 0 Å². The predicted molar refractivity (Wildman–Crippen MR) is 87.7 cm³/mol. The first-order valence-corrected chi connectivity index (χ1v) is 7.65. The van der Waals surface area contributed by atoms with Crippen molar-refractivity contribution >= 4 is 23.2 Å². The van der Waals surface area contributed by atoms with Crippen LogP contribution in [0.5, 0.6) is 0 Å². The third kappa shape index (κ3) is 3.01. The molecule has 1 unspecified atom stereocenters. The van der Waals surface area contributed by atoms with Crippen LogP contribution in [0, 0.1) is 0 Å². The highest BCUT2D eigenvalue weighted by Gasteiger charge is 2.15. The molecule has 0 radical (unpaired) electrons. The number of hydrogen-bond acceptors (Lipinski definition) is 1. The zero-order valence-corrected chi connectivity index (χ0v) is 13.3. The van der Waals surface area contributed by atoms with Crippen LogP contribution in [0.25, 0.3) is 0 Å². The van der Waals surface area contributed by atoms with Gasteiger partial charge in [-0.15, -0.1) is 0 Å². The first-order valence-electron chi connectivity index (χ1n) is 6.89. The average Bonchev–Trinajstić information content (AvgIpc) is 2.48. The van der Waals surface area contributed by atoms with E-state index >= 15 is 0 Å². The van der Waals surface area contributed by atoms with Gasteiger partial charge in [0, 0.05) is 0 Å². The van der Waals surface area contributed by atoms with Gasteiger partial charge in [0.15, 0.2) is 0 Å². The highest BCUT2D eigenvalue weighted by atomic mass is 35.5. The molecule has 0 aliphatic heterocycles. The van der Waals surface area contributed by atoms with Gasteiger partial charge in [0.25, 0.3) is 0 Å². The number of aryl methyl sites for hydroxylation is 2. The summed E-state index contributed by atoms with van der Waals surface area (Å²) in [6, 6.07) is 11.8. The lowest BCUT2D eigenvalue weighted by molar-refractivity contribution is 0.863. The molecule has 3 heteroatoms. The first kappa shape index (κ1) is 15.4. The van der Waals surface area contributed by atoms with Crippen LogP contribution >= 0.6 is 23.2 Å². The predicted octanol–water partition coefficient (Wildman–Crippen LogP) is 5.17. The Morgan fingerprint density at radius 1 is 1.00 bits per heavy atom. The fraction of sp³-hybridized carbons (Fsp3) is 0.294.